The van der Waals surface area contributed by atoms with Gasteiger partial charge in [-0.05, 0) is 92.0 Å². The Morgan fingerprint density at radius 3 is 1.76 bits per heavy atom. The Hall–Kier alpha value is -2.25. The Bertz CT molecular complexity index is 1010. The second-order valence-electron chi connectivity index (χ2n) is 10.7. The van der Waals surface area contributed by atoms with E-state index < -0.39 is 35.0 Å². The van der Waals surface area contributed by atoms with Crippen molar-refractivity contribution >= 4 is 0 Å². The van der Waals surface area contributed by atoms with Crippen LogP contribution in [0.15, 0.2) is 36.4 Å². The molecule has 0 amide bonds. The van der Waals surface area contributed by atoms with Crippen molar-refractivity contribution < 1.29 is 35.5 Å². The van der Waals surface area contributed by atoms with Crippen molar-refractivity contribution in [2.45, 2.75) is 89.3 Å². The van der Waals surface area contributed by atoms with Crippen LogP contribution in [0.3, 0.4) is 0 Å². The predicted octanol–water partition coefficient (Wildman–Crippen LogP) is 9.99. The summed E-state index contributed by atoms with van der Waals surface area (Å²) in [5, 5.41) is 0. The Kier molecular flexibility index (Phi) is 8.44. The fourth-order valence-electron chi connectivity index (χ4n) is 6.31. The summed E-state index contributed by atoms with van der Waals surface area (Å²) in [5.74, 6) is -1.69. The first-order chi connectivity index (χ1) is 17.5. The molecule has 2 aliphatic rings. The number of alkyl halides is 5. The lowest BCUT2D eigenvalue weighted by Gasteiger charge is -2.38. The largest absolute Gasteiger partial charge is 0.429 e. The molecular weight excluding hydrogens is 497 g/mol. The molecule has 204 valence electrons. The first kappa shape index (κ1) is 27.8. The zero-order valence-electron chi connectivity index (χ0n) is 20.9. The molecule has 1 nitrogen and oxygen atoms in total. The number of ether oxygens (including phenoxy) is 1. The maximum atomic E-state index is 14.5. The van der Waals surface area contributed by atoms with E-state index in [-0.39, 0.29) is 17.9 Å². The minimum Gasteiger partial charge on any atom is -0.429 e. The van der Waals surface area contributed by atoms with Crippen molar-refractivity contribution in [2.24, 2.45) is 17.8 Å². The van der Waals surface area contributed by atoms with Crippen molar-refractivity contribution in [3.05, 3.63) is 64.7 Å². The van der Waals surface area contributed by atoms with Gasteiger partial charge >= 0.3 is 12.3 Å². The molecule has 4 rings (SSSR count). The Balaban J connectivity index is 1.34. The average Bonchev–Trinajstić information content (AvgIpc) is 2.84. The van der Waals surface area contributed by atoms with Gasteiger partial charge in [0.2, 0.25) is 0 Å². The van der Waals surface area contributed by atoms with Gasteiger partial charge in [0.05, 0.1) is 5.56 Å². The fraction of sp³-hybridized carbons (Fsp3) is 0.586. The molecule has 0 aliphatic heterocycles. The normalized spacial score (nSPS) is 25.2. The van der Waals surface area contributed by atoms with Gasteiger partial charge in [0.15, 0.2) is 0 Å². The van der Waals surface area contributed by atoms with Crippen LogP contribution in [0.25, 0.3) is 0 Å². The quantitative estimate of drug-likeness (QED) is 0.324. The van der Waals surface area contributed by atoms with Gasteiger partial charge in [-0.25, -0.2) is 8.78 Å². The number of rotatable bonds is 7. The van der Waals surface area contributed by atoms with Gasteiger partial charge in [-0.3, -0.25) is 0 Å². The van der Waals surface area contributed by atoms with Crippen LogP contribution in [0.1, 0.15) is 93.7 Å². The summed E-state index contributed by atoms with van der Waals surface area (Å²) in [7, 11) is 0. The number of halogens is 7. The van der Waals surface area contributed by atoms with Gasteiger partial charge in [0.25, 0.3) is 0 Å². The first-order valence-corrected chi connectivity index (χ1v) is 13.2. The molecule has 37 heavy (non-hydrogen) atoms. The summed E-state index contributed by atoms with van der Waals surface area (Å²) in [6, 6.07) is 6.05. The van der Waals surface area contributed by atoms with E-state index in [1.165, 1.54) is 50.7 Å². The molecule has 2 aromatic carbocycles. The highest BCUT2D eigenvalue weighted by molar-refractivity contribution is 5.33. The highest BCUT2D eigenvalue weighted by atomic mass is 19.4. The summed E-state index contributed by atoms with van der Waals surface area (Å²) < 4.78 is 99.5. The molecule has 2 aliphatic carbocycles. The molecular formula is C29H33F7O. The van der Waals surface area contributed by atoms with E-state index in [9.17, 15) is 30.7 Å². The van der Waals surface area contributed by atoms with Crippen LogP contribution in [0.4, 0.5) is 30.7 Å². The zero-order chi connectivity index (χ0) is 26.8. The average molecular weight is 531 g/mol. The number of hydrogen-bond acceptors (Lipinski definition) is 1. The smallest absolute Gasteiger partial charge is 0.426 e. The van der Waals surface area contributed by atoms with Gasteiger partial charge in [0.1, 0.15) is 22.9 Å². The van der Waals surface area contributed by atoms with Crippen LogP contribution in [0.2, 0.25) is 0 Å². The molecule has 2 aromatic rings. The monoisotopic (exact) mass is 530 g/mol. The standard InChI is InChI=1S/C29H33F7O/c1-2-3-18-4-6-19(7-5-18)20-8-10-21(11-9-20)22-12-14-24(15-13-22)37-29(35,36)23-16-25(30)27(26(31)17-23)28(32,33)34/h12-21H,2-11H2,1H3. The van der Waals surface area contributed by atoms with Crippen molar-refractivity contribution in [1.29, 1.82) is 0 Å². The maximum absolute atomic E-state index is 14.5. The summed E-state index contributed by atoms with van der Waals surface area (Å²) in [6.07, 6.45) is 2.78. The Morgan fingerprint density at radius 2 is 1.27 bits per heavy atom. The van der Waals surface area contributed by atoms with Crippen molar-refractivity contribution in [3.8, 4) is 5.75 Å². The van der Waals surface area contributed by atoms with Crippen LogP contribution in [-0.2, 0) is 12.3 Å². The van der Waals surface area contributed by atoms with Crippen LogP contribution < -0.4 is 4.74 Å². The summed E-state index contributed by atoms with van der Waals surface area (Å²) in [4.78, 5) is 0. The molecule has 2 fully saturated rings. The lowest BCUT2D eigenvalue weighted by Crippen LogP contribution is -2.25. The van der Waals surface area contributed by atoms with E-state index in [1.54, 1.807) is 12.1 Å². The van der Waals surface area contributed by atoms with Gasteiger partial charge in [-0.15, -0.1) is 0 Å². The zero-order valence-corrected chi connectivity index (χ0v) is 20.9. The van der Waals surface area contributed by atoms with Gasteiger partial charge in [0, 0.05) is 0 Å². The number of benzene rings is 2. The predicted molar refractivity (Wildman–Crippen MR) is 127 cm³/mol. The first-order valence-electron chi connectivity index (χ1n) is 13.2. The third kappa shape index (κ3) is 6.61. The minimum absolute atomic E-state index is 0.0466. The van der Waals surface area contributed by atoms with Crippen molar-refractivity contribution in [3.63, 3.8) is 0 Å². The van der Waals surface area contributed by atoms with Gasteiger partial charge in [-0.1, -0.05) is 44.7 Å². The lowest BCUT2D eigenvalue weighted by molar-refractivity contribution is -0.186. The minimum atomic E-state index is -5.34. The molecule has 0 aromatic heterocycles. The lowest BCUT2D eigenvalue weighted by atomic mass is 9.68. The van der Waals surface area contributed by atoms with E-state index >= 15 is 0 Å². The molecule has 0 saturated heterocycles. The van der Waals surface area contributed by atoms with E-state index in [2.05, 4.69) is 11.7 Å². The summed E-state index contributed by atoms with van der Waals surface area (Å²) >= 11 is 0. The van der Waals surface area contributed by atoms with E-state index in [0.717, 1.165) is 49.0 Å². The highest BCUT2D eigenvalue weighted by Gasteiger charge is 2.42. The molecule has 0 atom stereocenters. The maximum Gasteiger partial charge on any atom is 0.426 e. The third-order valence-electron chi connectivity index (χ3n) is 8.29. The fourth-order valence-corrected chi connectivity index (χ4v) is 6.31. The van der Waals surface area contributed by atoms with Crippen molar-refractivity contribution in [2.75, 3.05) is 0 Å². The van der Waals surface area contributed by atoms with E-state index in [1.807, 2.05) is 0 Å². The SMILES string of the molecule is CCCC1CCC(C2CCC(c3ccc(OC(F)(F)c4cc(F)c(C(F)(F)F)c(F)c4)cc3)CC2)CC1. The second kappa shape index (κ2) is 11.2. The number of hydrogen-bond donors (Lipinski definition) is 0. The van der Waals surface area contributed by atoms with Crippen LogP contribution in [0.5, 0.6) is 5.75 Å². The molecule has 8 heteroatoms. The van der Waals surface area contributed by atoms with Crippen LogP contribution in [-0.4, -0.2) is 0 Å². The third-order valence-corrected chi connectivity index (χ3v) is 8.29. The van der Waals surface area contributed by atoms with Crippen LogP contribution in [0, 0.1) is 29.4 Å². The molecule has 0 unspecified atom stereocenters. The molecule has 0 bridgehead atoms. The highest BCUT2D eigenvalue weighted by Crippen LogP contribution is 2.45. The molecule has 0 radical (unpaired) electrons. The van der Waals surface area contributed by atoms with Gasteiger partial charge in [-0.2, -0.15) is 22.0 Å². The van der Waals surface area contributed by atoms with E-state index in [0.29, 0.717) is 5.92 Å². The Morgan fingerprint density at radius 1 is 0.757 bits per heavy atom. The van der Waals surface area contributed by atoms with Crippen LogP contribution >= 0.6 is 0 Å². The summed E-state index contributed by atoms with van der Waals surface area (Å²) in [5.41, 5.74) is -2.52. The van der Waals surface area contributed by atoms with Crippen molar-refractivity contribution in [1.82, 2.24) is 0 Å². The molecule has 0 spiro atoms. The van der Waals surface area contributed by atoms with E-state index in [4.69, 9.17) is 0 Å². The molecule has 0 N–H and O–H groups in total. The van der Waals surface area contributed by atoms with Gasteiger partial charge < -0.3 is 4.74 Å². The summed E-state index contributed by atoms with van der Waals surface area (Å²) in [6.45, 7) is 2.25. The topological polar surface area (TPSA) is 9.23 Å². The second-order valence-corrected chi connectivity index (χ2v) is 10.7. The molecule has 2 saturated carbocycles. The molecule has 0 heterocycles. The Labute approximate surface area is 213 Å².